The molecule has 1 heterocycles. The second-order valence-electron chi connectivity index (χ2n) is 15.9. The lowest BCUT2D eigenvalue weighted by molar-refractivity contribution is -0.322. The Morgan fingerprint density at radius 3 is 2.14 bits per heavy atom. The van der Waals surface area contributed by atoms with E-state index < -0.39 is 29.3 Å². The standard InChI is InChI=1S/C30H48O5/c1-24(2)10-12-29-13-11-28(7)27(6)9-8-18-25(3,4)22(33)17(31)15-26(18,5)19(27)14-21(32)30(28,20(29)16-24)35-23(29)34/h17-22,31-33H,8-16H2,1-7H3/t17-,18+,19-,20-,21+,22+,26+,27-,28+,29+,30-/m1/s1. The van der Waals surface area contributed by atoms with Gasteiger partial charge < -0.3 is 20.1 Å². The van der Waals surface area contributed by atoms with Gasteiger partial charge in [0.05, 0.1) is 23.7 Å². The van der Waals surface area contributed by atoms with Gasteiger partial charge in [0, 0.05) is 11.3 Å². The molecular weight excluding hydrogens is 440 g/mol. The van der Waals surface area contributed by atoms with Crippen LogP contribution in [0.15, 0.2) is 0 Å². The molecule has 0 aromatic carbocycles. The zero-order chi connectivity index (χ0) is 25.6. The first kappa shape index (κ1) is 24.7. The molecule has 0 unspecified atom stereocenters. The van der Waals surface area contributed by atoms with Crippen molar-refractivity contribution in [1.82, 2.24) is 0 Å². The van der Waals surface area contributed by atoms with Crippen molar-refractivity contribution in [3.05, 3.63) is 0 Å². The number of hydrogen-bond acceptors (Lipinski definition) is 5. The minimum atomic E-state index is -0.823. The summed E-state index contributed by atoms with van der Waals surface area (Å²) in [7, 11) is 0. The van der Waals surface area contributed by atoms with Gasteiger partial charge in [-0.05, 0) is 91.3 Å². The smallest absolute Gasteiger partial charge is 0.313 e. The van der Waals surface area contributed by atoms with Crippen molar-refractivity contribution in [3.63, 3.8) is 0 Å². The number of fused-ring (bicyclic) bond motifs is 4. The molecule has 5 saturated carbocycles. The van der Waals surface area contributed by atoms with Crippen molar-refractivity contribution >= 4 is 5.97 Å². The Kier molecular flexibility index (Phi) is 4.70. The Morgan fingerprint density at radius 1 is 0.800 bits per heavy atom. The van der Waals surface area contributed by atoms with Crippen molar-refractivity contribution < 1.29 is 24.9 Å². The molecule has 1 spiro atoms. The first-order valence-corrected chi connectivity index (χ1v) is 14.3. The second-order valence-corrected chi connectivity index (χ2v) is 15.9. The van der Waals surface area contributed by atoms with Gasteiger partial charge in [0.15, 0.2) is 0 Å². The molecular formula is C30H48O5. The largest absolute Gasteiger partial charge is 0.455 e. The van der Waals surface area contributed by atoms with E-state index in [-0.39, 0.29) is 50.8 Å². The van der Waals surface area contributed by atoms with Crippen LogP contribution in [-0.4, -0.2) is 45.2 Å². The van der Waals surface area contributed by atoms with Gasteiger partial charge in [0.1, 0.15) is 5.60 Å². The number of carbonyl (C=O) groups excluding carboxylic acids is 1. The Bertz CT molecular complexity index is 958. The first-order valence-electron chi connectivity index (χ1n) is 14.3. The highest BCUT2D eigenvalue weighted by molar-refractivity contribution is 5.82. The molecule has 6 aliphatic rings. The van der Waals surface area contributed by atoms with Crippen molar-refractivity contribution in [3.8, 4) is 0 Å². The highest BCUT2D eigenvalue weighted by Gasteiger charge is 2.83. The summed E-state index contributed by atoms with van der Waals surface area (Å²) in [5.74, 6) is 0.501. The molecule has 5 heteroatoms. The Hall–Kier alpha value is -0.650. The molecule has 2 bridgehead atoms. The average molecular weight is 489 g/mol. The molecule has 0 aromatic rings. The molecule has 0 aromatic heterocycles. The molecule has 198 valence electrons. The van der Waals surface area contributed by atoms with Crippen LogP contribution in [-0.2, 0) is 9.53 Å². The SMILES string of the molecule is CC1(C)CC[C@@]23CC[C@]4(C)[C@@](OC2=O)([C@@H]3C1)[C@@H](O)C[C@@H]1[C@@]2(C)C[C@@H](O)[C@H](O)C(C)(C)[C@@H]2CC[C@]14C. The van der Waals surface area contributed by atoms with Crippen LogP contribution in [0.2, 0.25) is 0 Å². The van der Waals surface area contributed by atoms with Gasteiger partial charge in [0.2, 0.25) is 0 Å². The summed E-state index contributed by atoms with van der Waals surface area (Å²) in [4.78, 5) is 13.7. The molecule has 6 fully saturated rings. The van der Waals surface area contributed by atoms with E-state index in [0.717, 1.165) is 44.9 Å². The third-order valence-electron chi connectivity index (χ3n) is 14.0. The van der Waals surface area contributed by atoms with Crippen LogP contribution in [0.25, 0.3) is 0 Å². The zero-order valence-electron chi connectivity index (χ0n) is 23.0. The van der Waals surface area contributed by atoms with E-state index in [4.69, 9.17) is 4.74 Å². The lowest BCUT2D eigenvalue weighted by atomic mass is 9.30. The van der Waals surface area contributed by atoms with Crippen molar-refractivity contribution in [2.45, 2.75) is 130 Å². The van der Waals surface area contributed by atoms with Crippen LogP contribution in [0.5, 0.6) is 0 Å². The number of carbonyl (C=O) groups is 1. The molecule has 0 radical (unpaired) electrons. The predicted octanol–water partition coefficient (Wildman–Crippen LogP) is 4.85. The van der Waals surface area contributed by atoms with Gasteiger partial charge in [-0.3, -0.25) is 4.79 Å². The third-order valence-corrected chi connectivity index (χ3v) is 14.0. The average Bonchev–Trinajstić information content (AvgIpc) is 2.94. The maximum absolute atomic E-state index is 13.7. The number of ether oxygens (including phenoxy) is 1. The summed E-state index contributed by atoms with van der Waals surface area (Å²) in [6, 6.07) is 0. The van der Waals surface area contributed by atoms with E-state index in [1.54, 1.807) is 0 Å². The van der Waals surface area contributed by atoms with Crippen LogP contribution < -0.4 is 0 Å². The topological polar surface area (TPSA) is 87.0 Å². The number of esters is 1. The first-order chi connectivity index (χ1) is 16.0. The van der Waals surface area contributed by atoms with Gasteiger partial charge >= 0.3 is 5.97 Å². The van der Waals surface area contributed by atoms with E-state index in [1.807, 2.05) is 0 Å². The minimum absolute atomic E-state index is 0.0416. The summed E-state index contributed by atoms with van der Waals surface area (Å²) < 4.78 is 6.61. The van der Waals surface area contributed by atoms with Gasteiger partial charge in [-0.25, -0.2) is 0 Å². The molecule has 0 amide bonds. The molecule has 6 rings (SSSR count). The Balaban J connectivity index is 1.49. The second kappa shape index (κ2) is 6.67. The fourth-order valence-corrected chi connectivity index (χ4v) is 12.0. The summed E-state index contributed by atoms with van der Waals surface area (Å²) in [6.45, 7) is 15.9. The van der Waals surface area contributed by atoms with E-state index in [0.29, 0.717) is 12.8 Å². The Morgan fingerprint density at radius 2 is 1.46 bits per heavy atom. The molecule has 35 heavy (non-hydrogen) atoms. The maximum Gasteiger partial charge on any atom is 0.313 e. The highest BCUT2D eigenvalue weighted by atomic mass is 16.6. The number of hydrogen-bond donors (Lipinski definition) is 3. The molecule has 5 aliphatic carbocycles. The highest BCUT2D eigenvalue weighted by Crippen LogP contribution is 2.80. The monoisotopic (exact) mass is 488 g/mol. The van der Waals surface area contributed by atoms with Gasteiger partial charge in [-0.2, -0.15) is 0 Å². The van der Waals surface area contributed by atoms with Crippen LogP contribution >= 0.6 is 0 Å². The van der Waals surface area contributed by atoms with Crippen molar-refractivity contribution in [1.29, 1.82) is 0 Å². The molecule has 5 nitrogen and oxygen atoms in total. The number of rotatable bonds is 0. The zero-order valence-corrected chi connectivity index (χ0v) is 23.0. The van der Waals surface area contributed by atoms with Crippen molar-refractivity contribution in [2.24, 2.45) is 50.2 Å². The van der Waals surface area contributed by atoms with Gasteiger partial charge in [-0.15, -0.1) is 0 Å². The van der Waals surface area contributed by atoms with E-state index in [1.165, 1.54) is 0 Å². The fraction of sp³-hybridized carbons (Fsp3) is 0.967. The summed E-state index contributed by atoms with van der Waals surface area (Å²) >= 11 is 0. The third kappa shape index (κ3) is 2.51. The van der Waals surface area contributed by atoms with E-state index in [2.05, 4.69) is 48.5 Å². The molecule has 1 saturated heterocycles. The van der Waals surface area contributed by atoms with E-state index in [9.17, 15) is 20.1 Å². The lowest BCUT2D eigenvalue weighted by Crippen LogP contribution is -2.76. The molecule has 3 N–H and O–H groups in total. The van der Waals surface area contributed by atoms with Crippen molar-refractivity contribution in [2.75, 3.05) is 0 Å². The fourth-order valence-electron chi connectivity index (χ4n) is 12.0. The van der Waals surface area contributed by atoms with Gasteiger partial charge in [0.25, 0.3) is 0 Å². The molecule has 11 atom stereocenters. The lowest BCUT2D eigenvalue weighted by Gasteiger charge is -2.74. The van der Waals surface area contributed by atoms with Crippen LogP contribution in [0.4, 0.5) is 0 Å². The number of aliphatic hydroxyl groups excluding tert-OH is 3. The Labute approximate surface area is 211 Å². The van der Waals surface area contributed by atoms with Gasteiger partial charge in [-0.1, -0.05) is 48.5 Å². The quantitative estimate of drug-likeness (QED) is 0.424. The molecule has 1 aliphatic heterocycles. The van der Waals surface area contributed by atoms with Crippen LogP contribution in [0, 0.1) is 50.2 Å². The number of aliphatic hydroxyl groups is 3. The summed E-state index contributed by atoms with van der Waals surface area (Å²) in [5, 5.41) is 34.2. The van der Waals surface area contributed by atoms with Crippen LogP contribution in [0.3, 0.4) is 0 Å². The minimum Gasteiger partial charge on any atom is -0.455 e. The summed E-state index contributed by atoms with van der Waals surface area (Å²) in [5.41, 5.74) is -2.12. The van der Waals surface area contributed by atoms with E-state index >= 15 is 0 Å². The summed E-state index contributed by atoms with van der Waals surface area (Å²) in [6.07, 6.45) is 5.64. The van der Waals surface area contributed by atoms with Crippen LogP contribution in [0.1, 0.15) is 106 Å². The maximum atomic E-state index is 13.7. The normalized spacial score (nSPS) is 60.0. The predicted molar refractivity (Wildman–Crippen MR) is 133 cm³/mol.